The molecule has 126 valence electrons. The van der Waals surface area contributed by atoms with Crippen LogP contribution in [0.1, 0.15) is 43.7 Å². The average molecular weight is 344 g/mol. The summed E-state index contributed by atoms with van der Waals surface area (Å²) in [5.74, 6) is 0.0224. The van der Waals surface area contributed by atoms with Crippen LogP contribution in [0.4, 0.5) is 5.69 Å². The summed E-state index contributed by atoms with van der Waals surface area (Å²) < 4.78 is 1.83. The van der Waals surface area contributed by atoms with Gasteiger partial charge in [0.2, 0.25) is 5.91 Å². The number of thioether (sulfide) groups is 1. The molecule has 1 saturated heterocycles. The number of aryl methyl sites for hydroxylation is 1. The van der Waals surface area contributed by atoms with Crippen LogP contribution in [0.3, 0.4) is 0 Å². The van der Waals surface area contributed by atoms with E-state index >= 15 is 0 Å². The molecule has 2 aromatic heterocycles. The van der Waals surface area contributed by atoms with Crippen LogP contribution in [0, 0.1) is 6.92 Å². The van der Waals surface area contributed by atoms with Gasteiger partial charge in [-0.25, -0.2) is 9.97 Å². The molecule has 0 bridgehead atoms. The first kappa shape index (κ1) is 15.6. The minimum absolute atomic E-state index is 0.0224. The number of fused-ring (bicyclic) bond motifs is 1. The molecule has 0 unspecified atom stereocenters. The van der Waals surface area contributed by atoms with E-state index in [0.717, 1.165) is 36.6 Å². The van der Waals surface area contributed by atoms with Gasteiger partial charge >= 0.3 is 0 Å². The predicted molar refractivity (Wildman–Crippen MR) is 94.8 cm³/mol. The highest BCUT2D eigenvalue weighted by Gasteiger charge is 2.32. The fourth-order valence-electron chi connectivity index (χ4n) is 3.77. The first-order valence-electron chi connectivity index (χ1n) is 8.38. The van der Waals surface area contributed by atoms with E-state index in [1.165, 1.54) is 11.8 Å². The third-order valence-corrected chi connectivity index (χ3v) is 5.71. The van der Waals surface area contributed by atoms with E-state index in [-0.39, 0.29) is 17.5 Å². The molecule has 1 amide bonds. The number of anilines is 1. The molecule has 0 spiro atoms. The number of aromatic nitrogens is 3. The molecular weight excluding hydrogens is 324 g/mol. The molecule has 2 aromatic rings. The molecule has 2 fully saturated rings. The standard InChI is InChI=1S/C17H20N4O2S/c1-10-12-9-18-17(24-2)19-15(12)21(11-5-3-4-6-11)16(23)14(10)20-8-7-13(20)22/h9,11H,3-8H2,1-2H3. The molecule has 0 N–H and O–H groups in total. The Balaban J connectivity index is 2.04. The van der Waals surface area contributed by atoms with Gasteiger partial charge in [0.1, 0.15) is 11.3 Å². The number of carbonyl (C=O) groups excluding carboxylic acids is 1. The number of rotatable bonds is 3. The molecule has 4 rings (SSSR count). The van der Waals surface area contributed by atoms with Crippen LogP contribution in [-0.4, -0.2) is 33.2 Å². The number of pyridine rings is 1. The van der Waals surface area contributed by atoms with Crippen LogP contribution in [0.25, 0.3) is 11.0 Å². The third-order valence-electron chi connectivity index (χ3n) is 5.15. The Labute approximate surface area is 144 Å². The summed E-state index contributed by atoms with van der Waals surface area (Å²) >= 11 is 1.47. The zero-order chi connectivity index (χ0) is 16.8. The van der Waals surface area contributed by atoms with Crippen molar-refractivity contribution in [3.8, 4) is 0 Å². The molecule has 2 aliphatic rings. The Morgan fingerprint density at radius 1 is 1.25 bits per heavy atom. The summed E-state index contributed by atoms with van der Waals surface area (Å²) in [6.45, 7) is 2.51. The van der Waals surface area contributed by atoms with Crippen molar-refractivity contribution in [2.24, 2.45) is 0 Å². The molecular formula is C17H20N4O2S. The second-order valence-corrected chi connectivity index (χ2v) is 7.25. The van der Waals surface area contributed by atoms with Gasteiger partial charge in [0.25, 0.3) is 5.56 Å². The molecule has 3 heterocycles. The lowest BCUT2D eigenvalue weighted by atomic mass is 10.1. The van der Waals surface area contributed by atoms with Gasteiger partial charge in [-0.3, -0.25) is 14.2 Å². The van der Waals surface area contributed by atoms with Gasteiger partial charge in [-0.15, -0.1) is 0 Å². The SMILES string of the molecule is CSc1ncc2c(C)c(N3CCC3=O)c(=O)n(C3CCCC3)c2n1. The smallest absolute Gasteiger partial charge is 0.276 e. The number of amides is 1. The van der Waals surface area contributed by atoms with Gasteiger partial charge in [-0.1, -0.05) is 24.6 Å². The van der Waals surface area contributed by atoms with Crippen LogP contribution >= 0.6 is 11.8 Å². The lowest BCUT2D eigenvalue weighted by Crippen LogP contribution is -2.47. The van der Waals surface area contributed by atoms with E-state index in [4.69, 9.17) is 0 Å². The molecule has 24 heavy (non-hydrogen) atoms. The topological polar surface area (TPSA) is 68.1 Å². The normalized spacial score (nSPS) is 18.4. The van der Waals surface area contributed by atoms with Gasteiger partial charge < -0.3 is 4.90 Å². The lowest BCUT2D eigenvalue weighted by molar-refractivity contribution is -0.122. The fourth-order valence-corrected chi connectivity index (χ4v) is 4.11. The highest BCUT2D eigenvalue weighted by Crippen LogP contribution is 2.34. The molecule has 1 aliphatic heterocycles. The number of carbonyl (C=O) groups is 1. The van der Waals surface area contributed by atoms with Crippen LogP contribution in [0.5, 0.6) is 0 Å². The van der Waals surface area contributed by atoms with Crippen molar-refractivity contribution in [1.29, 1.82) is 0 Å². The predicted octanol–water partition coefficient (Wildman–Crippen LogP) is 2.67. The van der Waals surface area contributed by atoms with Crippen LogP contribution in [-0.2, 0) is 4.79 Å². The molecule has 7 heteroatoms. The number of nitrogens with zero attached hydrogens (tertiary/aromatic N) is 4. The van der Waals surface area contributed by atoms with Gasteiger partial charge in [0, 0.05) is 30.6 Å². The highest BCUT2D eigenvalue weighted by molar-refractivity contribution is 7.98. The van der Waals surface area contributed by atoms with E-state index in [2.05, 4.69) is 9.97 Å². The largest absolute Gasteiger partial charge is 0.307 e. The van der Waals surface area contributed by atoms with Crippen LogP contribution in [0.2, 0.25) is 0 Å². The summed E-state index contributed by atoms with van der Waals surface area (Å²) in [5.41, 5.74) is 1.96. The van der Waals surface area contributed by atoms with Crippen molar-refractivity contribution >= 4 is 34.4 Å². The number of hydrogen-bond donors (Lipinski definition) is 0. The van der Waals surface area contributed by atoms with Crippen molar-refractivity contribution < 1.29 is 4.79 Å². The maximum atomic E-state index is 13.3. The number of β-lactam (4-membered cyclic amide) rings is 1. The maximum Gasteiger partial charge on any atom is 0.276 e. The third kappa shape index (κ3) is 2.25. The van der Waals surface area contributed by atoms with Crippen molar-refractivity contribution in [3.05, 3.63) is 22.1 Å². The summed E-state index contributed by atoms with van der Waals surface area (Å²) in [5, 5.41) is 1.54. The Morgan fingerprint density at radius 3 is 2.58 bits per heavy atom. The van der Waals surface area contributed by atoms with Gasteiger partial charge in [-0.05, 0) is 31.6 Å². The summed E-state index contributed by atoms with van der Waals surface area (Å²) in [6.07, 6.45) is 8.48. The van der Waals surface area contributed by atoms with Gasteiger partial charge in [0.15, 0.2) is 5.16 Å². The van der Waals surface area contributed by atoms with Crippen molar-refractivity contribution in [1.82, 2.24) is 14.5 Å². The summed E-state index contributed by atoms with van der Waals surface area (Å²) in [4.78, 5) is 35.9. The Kier molecular flexibility index (Phi) is 3.83. The van der Waals surface area contributed by atoms with Crippen LogP contribution in [0.15, 0.2) is 16.1 Å². The van der Waals surface area contributed by atoms with Crippen molar-refractivity contribution in [2.75, 3.05) is 17.7 Å². The molecule has 0 radical (unpaired) electrons. The van der Waals surface area contributed by atoms with Crippen LogP contribution < -0.4 is 10.5 Å². The zero-order valence-electron chi connectivity index (χ0n) is 13.9. The molecule has 0 atom stereocenters. The first-order chi connectivity index (χ1) is 11.6. The van der Waals surface area contributed by atoms with Gasteiger partial charge in [-0.2, -0.15) is 0 Å². The highest BCUT2D eigenvalue weighted by atomic mass is 32.2. The van der Waals surface area contributed by atoms with E-state index in [9.17, 15) is 9.59 Å². The molecule has 0 aromatic carbocycles. The monoisotopic (exact) mass is 344 g/mol. The zero-order valence-corrected chi connectivity index (χ0v) is 14.7. The van der Waals surface area contributed by atoms with E-state index in [0.29, 0.717) is 29.5 Å². The Hall–Kier alpha value is -1.89. The molecule has 1 aliphatic carbocycles. The second kappa shape index (κ2) is 5.88. The van der Waals surface area contributed by atoms with E-state index < -0.39 is 0 Å². The number of hydrogen-bond acceptors (Lipinski definition) is 5. The minimum atomic E-state index is -0.0781. The fraction of sp³-hybridized carbons (Fsp3) is 0.529. The van der Waals surface area contributed by atoms with E-state index in [1.807, 2.05) is 17.7 Å². The molecule has 6 nitrogen and oxygen atoms in total. The Bertz CT molecular complexity index is 886. The first-order valence-corrected chi connectivity index (χ1v) is 9.60. The van der Waals surface area contributed by atoms with Crippen molar-refractivity contribution in [3.63, 3.8) is 0 Å². The maximum absolute atomic E-state index is 13.3. The van der Waals surface area contributed by atoms with Gasteiger partial charge in [0.05, 0.1) is 0 Å². The summed E-state index contributed by atoms with van der Waals surface area (Å²) in [6, 6.07) is 0.167. The molecule has 1 saturated carbocycles. The quantitative estimate of drug-likeness (QED) is 0.486. The minimum Gasteiger partial charge on any atom is -0.307 e. The summed E-state index contributed by atoms with van der Waals surface area (Å²) in [7, 11) is 0. The second-order valence-electron chi connectivity index (χ2n) is 6.48. The lowest BCUT2D eigenvalue weighted by Gasteiger charge is -2.32. The average Bonchev–Trinajstić information content (AvgIpc) is 3.10. The Morgan fingerprint density at radius 2 is 2.00 bits per heavy atom. The van der Waals surface area contributed by atoms with Crippen molar-refractivity contribution in [2.45, 2.75) is 50.2 Å². The van der Waals surface area contributed by atoms with E-state index in [1.54, 1.807) is 11.1 Å².